The predicted molar refractivity (Wildman–Crippen MR) is 60.2 cm³/mol. The lowest BCUT2D eigenvalue weighted by atomic mass is 10.1. The van der Waals surface area contributed by atoms with Gasteiger partial charge in [0.05, 0.1) is 13.3 Å². The summed E-state index contributed by atoms with van der Waals surface area (Å²) in [6.45, 7) is 0. The third kappa shape index (κ3) is 2.14. The highest BCUT2D eigenvalue weighted by Crippen LogP contribution is 2.25. The van der Waals surface area contributed by atoms with E-state index in [1.807, 2.05) is 0 Å². The van der Waals surface area contributed by atoms with Gasteiger partial charge in [-0.15, -0.1) is 0 Å². The summed E-state index contributed by atoms with van der Waals surface area (Å²) in [7, 11) is 3.15. The van der Waals surface area contributed by atoms with Gasteiger partial charge in [0.1, 0.15) is 17.5 Å². The van der Waals surface area contributed by atoms with Crippen LogP contribution < -0.4 is 4.74 Å². The largest absolute Gasteiger partial charge is 0.497 e. The molecule has 0 saturated heterocycles. The summed E-state index contributed by atoms with van der Waals surface area (Å²) in [6.07, 6.45) is 0.0515. The Hall–Kier alpha value is -1.88. The molecule has 90 valence electrons. The van der Waals surface area contributed by atoms with Gasteiger partial charge in [0.15, 0.2) is 5.82 Å². The van der Waals surface area contributed by atoms with Gasteiger partial charge in [-0.1, -0.05) is 12.1 Å². The molecule has 0 bridgehead atoms. The Morgan fingerprint density at radius 2 is 2.00 bits per heavy atom. The summed E-state index contributed by atoms with van der Waals surface area (Å²) in [4.78, 5) is 0. The SMILES string of the molecule is COc1ccc(C(O)c2c(F)cnn2C)cc1. The molecule has 0 amide bonds. The lowest BCUT2D eigenvalue weighted by Gasteiger charge is -2.12. The van der Waals surface area contributed by atoms with E-state index < -0.39 is 11.9 Å². The standard InChI is InChI=1S/C12H13FN2O2/c1-15-11(10(13)7-14-15)12(16)8-3-5-9(17-2)6-4-8/h3-7,12,16H,1-2H3. The van der Waals surface area contributed by atoms with Crippen LogP contribution >= 0.6 is 0 Å². The van der Waals surface area contributed by atoms with Crippen molar-refractivity contribution in [2.24, 2.45) is 7.05 Å². The second kappa shape index (κ2) is 4.55. The summed E-state index contributed by atoms with van der Waals surface area (Å²) in [5.41, 5.74) is 0.739. The number of hydrogen-bond donors (Lipinski definition) is 1. The third-order valence-electron chi connectivity index (χ3n) is 2.63. The van der Waals surface area contributed by atoms with Crippen molar-refractivity contribution in [2.75, 3.05) is 7.11 Å². The number of methoxy groups -OCH3 is 1. The molecule has 0 saturated carbocycles. The summed E-state index contributed by atoms with van der Waals surface area (Å²) in [6, 6.07) is 6.81. The van der Waals surface area contributed by atoms with Crippen molar-refractivity contribution in [1.82, 2.24) is 9.78 Å². The molecule has 0 fully saturated rings. The highest BCUT2D eigenvalue weighted by Gasteiger charge is 2.19. The predicted octanol–water partition coefficient (Wildman–Crippen LogP) is 1.65. The van der Waals surface area contributed by atoms with Gasteiger partial charge in [-0.25, -0.2) is 4.39 Å². The number of aromatic nitrogens is 2. The first-order chi connectivity index (χ1) is 8.13. The van der Waals surface area contributed by atoms with Gasteiger partial charge < -0.3 is 9.84 Å². The number of rotatable bonds is 3. The minimum absolute atomic E-state index is 0.148. The molecule has 1 heterocycles. The molecule has 17 heavy (non-hydrogen) atoms. The van der Waals surface area contributed by atoms with Crippen LogP contribution in [0, 0.1) is 5.82 Å². The monoisotopic (exact) mass is 236 g/mol. The molecule has 0 aliphatic heterocycles. The summed E-state index contributed by atoms with van der Waals surface area (Å²) in [5, 5.41) is 13.8. The summed E-state index contributed by atoms with van der Waals surface area (Å²) < 4.78 is 19.8. The normalized spacial score (nSPS) is 12.5. The summed E-state index contributed by atoms with van der Waals surface area (Å²) in [5.74, 6) is 0.169. The molecule has 4 nitrogen and oxygen atoms in total. The van der Waals surface area contributed by atoms with Gasteiger partial charge in [-0.3, -0.25) is 4.68 Å². The molecule has 0 radical (unpaired) electrons. The van der Waals surface area contributed by atoms with Gasteiger partial charge in [0.2, 0.25) is 0 Å². The first-order valence-electron chi connectivity index (χ1n) is 5.13. The van der Waals surface area contributed by atoms with Crippen LogP contribution in [0.25, 0.3) is 0 Å². The van der Waals surface area contributed by atoms with Gasteiger partial charge in [0, 0.05) is 7.05 Å². The zero-order valence-corrected chi connectivity index (χ0v) is 9.59. The number of halogens is 1. The van der Waals surface area contributed by atoms with Crippen molar-refractivity contribution in [3.63, 3.8) is 0 Å². The second-order valence-electron chi connectivity index (χ2n) is 3.68. The van der Waals surface area contributed by atoms with E-state index in [1.54, 1.807) is 38.4 Å². The maximum absolute atomic E-state index is 13.4. The quantitative estimate of drug-likeness (QED) is 0.881. The number of aryl methyl sites for hydroxylation is 1. The van der Waals surface area contributed by atoms with Crippen LogP contribution in [0.15, 0.2) is 30.5 Å². The lowest BCUT2D eigenvalue weighted by molar-refractivity contribution is 0.204. The zero-order valence-electron chi connectivity index (χ0n) is 9.59. The van der Waals surface area contributed by atoms with E-state index in [0.717, 1.165) is 6.20 Å². The van der Waals surface area contributed by atoms with Crippen molar-refractivity contribution < 1.29 is 14.2 Å². The maximum atomic E-state index is 13.4. The lowest BCUT2D eigenvalue weighted by Crippen LogP contribution is -2.08. The number of aliphatic hydroxyl groups is 1. The number of ether oxygens (including phenoxy) is 1. The molecular weight excluding hydrogens is 223 g/mol. The van der Waals surface area contributed by atoms with E-state index in [-0.39, 0.29) is 5.69 Å². The minimum Gasteiger partial charge on any atom is -0.497 e. The Kier molecular flexibility index (Phi) is 3.10. The van der Waals surface area contributed by atoms with Crippen molar-refractivity contribution in [3.05, 3.63) is 47.5 Å². The molecule has 1 aromatic carbocycles. The molecule has 2 rings (SSSR count). The fraction of sp³-hybridized carbons (Fsp3) is 0.250. The Morgan fingerprint density at radius 1 is 1.35 bits per heavy atom. The average Bonchev–Trinajstić information content (AvgIpc) is 2.68. The van der Waals surface area contributed by atoms with E-state index in [9.17, 15) is 9.50 Å². The van der Waals surface area contributed by atoms with Crippen LogP contribution in [0.3, 0.4) is 0 Å². The fourth-order valence-electron chi connectivity index (χ4n) is 1.67. The number of hydrogen-bond acceptors (Lipinski definition) is 3. The molecule has 1 N–H and O–H groups in total. The van der Waals surface area contributed by atoms with Crippen molar-refractivity contribution in [1.29, 1.82) is 0 Å². The fourth-order valence-corrected chi connectivity index (χ4v) is 1.67. The zero-order chi connectivity index (χ0) is 12.4. The van der Waals surface area contributed by atoms with Crippen LogP contribution in [0.5, 0.6) is 5.75 Å². The first-order valence-corrected chi connectivity index (χ1v) is 5.13. The molecule has 0 aliphatic rings. The van der Waals surface area contributed by atoms with Gasteiger partial charge in [0.25, 0.3) is 0 Å². The molecule has 1 atom stereocenters. The van der Waals surface area contributed by atoms with Crippen molar-refractivity contribution >= 4 is 0 Å². The van der Waals surface area contributed by atoms with Crippen LogP contribution in [-0.2, 0) is 7.05 Å². The highest BCUT2D eigenvalue weighted by atomic mass is 19.1. The Labute approximate surface area is 98.3 Å². The van der Waals surface area contributed by atoms with Crippen molar-refractivity contribution in [2.45, 2.75) is 6.10 Å². The van der Waals surface area contributed by atoms with Gasteiger partial charge >= 0.3 is 0 Å². The molecular formula is C12H13FN2O2. The number of nitrogens with zero attached hydrogens (tertiary/aromatic N) is 2. The van der Waals surface area contributed by atoms with E-state index in [1.165, 1.54) is 4.68 Å². The topological polar surface area (TPSA) is 47.3 Å². The molecule has 2 aromatic rings. The smallest absolute Gasteiger partial charge is 0.167 e. The Balaban J connectivity index is 2.33. The van der Waals surface area contributed by atoms with Gasteiger partial charge in [-0.05, 0) is 17.7 Å². The van der Waals surface area contributed by atoms with Crippen molar-refractivity contribution in [3.8, 4) is 5.75 Å². The third-order valence-corrected chi connectivity index (χ3v) is 2.63. The average molecular weight is 236 g/mol. The van der Waals surface area contributed by atoms with Gasteiger partial charge in [-0.2, -0.15) is 5.10 Å². The van der Waals surface area contributed by atoms with Crippen LogP contribution in [0.2, 0.25) is 0 Å². The molecule has 5 heteroatoms. The minimum atomic E-state index is -1.03. The van der Waals surface area contributed by atoms with Crippen LogP contribution in [0.4, 0.5) is 4.39 Å². The number of benzene rings is 1. The molecule has 0 spiro atoms. The van der Waals surface area contributed by atoms with E-state index in [0.29, 0.717) is 11.3 Å². The van der Waals surface area contributed by atoms with E-state index in [4.69, 9.17) is 4.74 Å². The van der Waals surface area contributed by atoms with E-state index in [2.05, 4.69) is 5.10 Å². The maximum Gasteiger partial charge on any atom is 0.167 e. The molecule has 1 aromatic heterocycles. The van der Waals surface area contributed by atoms with Crippen LogP contribution in [-0.4, -0.2) is 22.0 Å². The molecule has 0 aliphatic carbocycles. The van der Waals surface area contributed by atoms with Crippen LogP contribution in [0.1, 0.15) is 17.4 Å². The highest BCUT2D eigenvalue weighted by molar-refractivity contribution is 5.32. The Bertz CT molecular complexity index is 488. The molecule has 1 unspecified atom stereocenters. The second-order valence-corrected chi connectivity index (χ2v) is 3.68. The first kappa shape index (κ1) is 11.6. The number of aliphatic hydroxyl groups excluding tert-OH is 1. The summed E-state index contributed by atoms with van der Waals surface area (Å²) >= 11 is 0. The van der Waals surface area contributed by atoms with E-state index >= 15 is 0 Å². The Morgan fingerprint density at radius 3 is 2.47 bits per heavy atom.